The fraction of sp³-hybridized carbons (Fsp3) is 0.389. The number of hydrogen-bond acceptors (Lipinski definition) is 4. The summed E-state index contributed by atoms with van der Waals surface area (Å²) in [5, 5.41) is 1.90. The molecule has 1 aromatic heterocycles. The Bertz CT molecular complexity index is 780. The summed E-state index contributed by atoms with van der Waals surface area (Å²) in [4.78, 5) is 15.5. The Morgan fingerprint density at radius 3 is 2.44 bits per heavy atom. The molecule has 136 valence electrons. The quantitative estimate of drug-likeness (QED) is 0.724. The molecule has 0 spiro atoms. The highest BCUT2D eigenvalue weighted by Gasteiger charge is 2.19. The van der Waals surface area contributed by atoms with Crippen molar-refractivity contribution >= 4 is 27.3 Å². The van der Waals surface area contributed by atoms with Crippen molar-refractivity contribution < 1.29 is 13.2 Å². The van der Waals surface area contributed by atoms with Crippen LogP contribution in [0.3, 0.4) is 0 Å². The molecular weight excluding hydrogens is 356 g/mol. The number of amides is 1. The molecule has 25 heavy (non-hydrogen) atoms. The molecule has 2 aromatic rings. The lowest BCUT2D eigenvalue weighted by atomic mass is 10.2. The van der Waals surface area contributed by atoms with Crippen LogP contribution in [0, 0.1) is 0 Å². The minimum absolute atomic E-state index is 0.114. The molecule has 0 atom stereocenters. The van der Waals surface area contributed by atoms with Gasteiger partial charge in [-0.05, 0) is 42.5 Å². The zero-order chi connectivity index (χ0) is 18.3. The van der Waals surface area contributed by atoms with Crippen molar-refractivity contribution in [2.45, 2.75) is 38.1 Å². The van der Waals surface area contributed by atoms with E-state index in [1.54, 1.807) is 17.0 Å². The number of thiophene rings is 1. The van der Waals surface area contributed by atoms with Crippen LogP contribution in [-0.4, -0.2) is 32.3 Å². The average molecular weight is 381 g/mol. The molecule has 1 aromatic carbocycles. The van der Waals surface area contributed by atoms with Gasteiger partial charge in [0.1, 0.15) is 0 Å². The van der Waals surface area contributed by atoms with Crippen molar-refractivity contribution in [3.05, 3.63) is 52.2 Å². The molecule has 0 aliphatic carbocycles. The Hall–Kier alpha value is -1.70. The molecule has 0 aliphatic rings. The van der Waals surface area contributed by atoms with E-state index in [9.17, 15) is 13.2 Å². The highest BCUT2D eigenvalue weighted by Crippen LogP contribution is 2.15. The van der Waals surface area contributed by atoms with Crippen molar-refractivity contribution in [2.75, 3.05) is 13.1 Å². The van der Waals surface area contributed by atoms with E-state index in [4.69, 9.17) is 0 Å². The standard InChI is InChI=1S/C18H24N2O3S2/c1-3-10-20(11-4-2)18(21)15-7-5-9-17(13-15)25(22,23)19-14-16-8-6-12-24-16/h5-9,12-13,19H,3-4,10-11,14H2,1-2H3. The lowest BCUT2D eigenvalue weighted by Crippen LogP contribution is -2.32. The normalized spacial score (nSPS) is 11.4. The van der Waals surface area contributed by atoms with Gasteiger partial charge in [0.2, 0.25) is 10.0 Å². The molecule has 1 N–H and O–H groups in total. The predicted octanol–water partition coefficient (Wildman–Crippen LogP) is 3.49. The smallest absolute Gasteiger partial charge is 0.253 e. The van der Waals surface area contributed by atoms with E-state index in [-0.39, 0.29) is 17.3 Å². The summed E-state index contributed by atoms with van der Waals surface area (Å²) in [7, 11) is -3.66. The van der Waals surface area contributed by atoms with E-state index in [0.29, 0.717) is 18.7 Å². The molecule has 0 saturated heterocycles. The summed E-state index contributed by atoms with van der Waals surface area (Å²) in [6.07, 6.45) is 1.73. The molecule has 0 unspecified atom stereocenters. The van der Waals surface area contributed by atoms with Gasteiger partial charge >= 0.3 is 0 Å². The fourth-order valence-corrected chi connectivity index (χ4v) is 4.28. The molecule has 0 saturated carbocycles. The van der Waals surface area contributed by atoms with Crippen LogP contribution in [-0.2, 0) is 16.6 Å². The first-order valence-corrected chi connectivity index (χ1v) is 10.8. The Kier molecular flexibility index (Phi) is 7.16. The topological polar surface area (TPSA) is 66.5 Å². The van der Waals surface area contributed by atoms with E-state index in [1.165, 1.54) is 23.5 Å². The van der Waals surface area contributed by atoms with Crippen LogP contribution >= 0.6 is 11.3 Å². The summed E-state index contributed by atoms with van der Waals surface area (Å²) in [6, 6.07) is 10.0. The number of nitrogens with zero attached hydrogens (tertiary/aromatic N) is 1. The maximum absolute atomic E-state index is 12.7. The maximum Gasteiger partial charge on any atom is 0.253 e. The number of hydrogen-bond donors (Lipinski definition) is 1. The van der Waals surface area contributed by atoms with Gasteiger partial charge in [-0.25, -0.2) is 13.1 Å². The third-order valence-corrected chi connectivity index (χ3v) is 5.96. The first-order valence-electron chi connectivity index (χ1n) is 8.39. The van der Waals surface area contributed by atoms with Crippen LogP contribution in [0.4, 0.5) is 0 Å². The van der Waals surface area contributed by atoms with Crippen LogP contribution in [0.15, 0.2) is 46.7 Å². The van der Waals surface area contributed by atoms with Gasteiger partial charge in [-0.2, -0.15) is 0 Å². The average Bonchev–Trinajstić information content (AvgIpc) is 3.13. The Labute approximate surface area is 153 Å². The predicted molar refractivity (Wildman–Crippen MR) is 101 cm³/mol. The second-order valence-electron chi connectivity index (χ2n) is 5.72. The molecule has 1 amide bonds. The van der Waals surface area contributed by atoms with Crippen LogP contribution in [0.1, 0.15) is 41.9 Å². The third kappa shape index (κ3) is 5.39. The van der Waals surface area contributed by atoms with Gasteiger partial charge in [-0.1, -0.05) is 26.0 Å². The summed E-state index contributed by atoms with van der Waals surface area (Å²) in [5.41, 5.74) is 0.404. The molecule has 2 rings (SSSR count). The third-order valence-electron chi connectivity index (χ3n) is 3.68. The fourth-order valence-electron chi connectivity index (χ4n) is 2.50. The first-order chi connectivity index (χ1) is 12.0. The zero-order valence-corrected chi connectivity index (χ0v) is 16.2. The highest BCUT2D eigenvalue weighted by molar-refractivity contribution is 7.89. The minimum atomic E-state index is -3.66. The molecule has 0 bridgehead atoms. The summed E-state index contributed by atoms with van der Waals surface area (Å²) in [5.74, 6) is -0.126. The van der Waals surface area contributed by atoms with Crippen LogP contribution < -0.4 is 4.72 Å². The van der Waals surface area contributed by atoms with Crippen molar-refractivity contribution in [3.63, 3.8) is 0 Å². The second kappa shape index (κ2) is 9.12. The maximum atomic E-state index is 12.7. The van der Waals surface area contributed by atoms with Gasteiger partial charge in [0, 0.05) is 30.1 Å². The van der Waals surface area contributed by atoms with Crippen LogP contribution in [0.5, 0.6) is 0 Å². The molecule has 1 heterocycles. The van der Waals surface area contributed by atoms with E-state index in [0.717, 1.165) is 17.7 Å². The van der Waals surface area contributed by atoms with Gasteiger partial charge in [-0.15, -0.1) is 11.3 Å². The SMILES string of the molecule is CCCN(CCC)C(=O)c1cccc(S(=O)(=O)NCc2cccs2)c1. The largest absolute Gasteiger partial charge is 0.339 e. The van der Waals surface area contributed by atoms with Crippen molar-refractivity contribution in [2.24, 2.45) is 0 Å². The van der Waals surface area contributed by atoms with E-state index >= 15 is 0 Å². The number of sulfonamides is 1. The van der Waals surface area contributed by atoms with Gasteiger partial charge in [0.15, 0.2) is 0 Å². The number of rotatable bonds is 9. The molecule has 5 nitrogen and oxygen atoms in total. The van der Waals surface area contributed by atoms with E-state index in [2.05, 4.69) is 4.72 Å². The monoisotopic (exact) mass is 380 g/mol. The van der Waals surface area contributed by atoms with Gasteiger partial charge in [0.05, 0.1) is 4.90 Å². The van der Waals surface area contributed by atoms with Crippen molar-refractivity contribution in [3.8, 4) is 0 Å². The van der Waals surface area contributed by atoms with Crippen LogP contribution in [0.25, 0.3) is 0 Å². The summed E-state index contributed by atoms with van der Waals surface area (Å²) < 4.78 is 27.6. The van der Waals surface area contributed by atoms with Crippen LogP contribution in [0.2, 0.25) is 0 Å². The van der Waals surface area contributed by atoms with Gasteiger partial charge in [0.25, 0.3) is 5.91 Å². The van der Waals surface area contributed by atoms with E-state index in [1.807, 2.05) is 31.4 Å². The Morgan fingerprint density at radius 1 is 1.12 bits per heavy atom. The number of carbonyl (C=O) groups is 1. The second-order valence-corrected chi connectivity index (χ2v) is 8.52. The molecule has 0 radical (unpaired) electrons. The number of nitrogens with one attached hydrogen (secondary N) is 1. The molecule has 0 aliphatic heterocycles. The molecule has 7 heteroatoms. The lowest BCUT2D eigenvalue weighted by molar-refractivity contribution is 0.0755. The van der Waals surface area contributed by atoms with Crippen molar-refractivity contribution in [1.29, 1.82) is 0 Å². The minimum Gasteiger partial charge on any atom is -0.339 e. The summed E-state index contributed by atoms with van der Waals surface area (Å²) in [6.45, 7) is 5.62. The zero-order valence-electron chi connectivity index (χ0n) is 14.6. The first kappa shape index (κ1) is 19.6. The number of carbonyl (C=O) groups excluding carboxylic acids is 1. The summed E-state index contributed by atoms with van der Waals surface area (Å²) >= 11 is 1.49. The Morgan fingerprint density at radius 2 is 1.84 bits per heavy atom. The molecular formula is C18H24N2O3S2. The van der Waals surface area contributed by atoms with E-state index < -0.39 is 10.0 Å². The Balaban J connectivity index is 2.17. The molecule has 0 fully saturated rings. The highest BCUT2D eigenvalue weighted by atomic mass is 32.2. The van der Waals surface area contributed by atoms with Crippen molar-refractivity contribution in [1.82, 2.24) is 9.62 Å². The van der Waals surface area contributed by atoms with Gasteiger partial charge < -0.3 is 4.90 Å². The van der Waals surface area contributed by atoms with Gasteiger partial charge in [-0.3, -0.25) is 4.79 Å². The lowest BCUT2D eigenvalue weighted by Gasteiger charge is -2.21. The number of benzene rings is 1.